The van der Waals surface area contributed by atoms with E-state index < -0.39 is 0 Å². The summed E-state index contributed by atoms with van der Waals surface area (Å²) in [4.78, 5) is 8.12. The smallest absolute Gasteiger partial charge is 0.144 e. The van der Waals surface area contributed by atoms with Crippen molar-refractivity contribution in [3.63, 3.8) is 0 Å². The second-order valence-corrected chi connectivity index (χ2v) is 3.26. The zero-order chi connectivity index (χ0) is 9.10. The Morgan fingerprint density at radius 1 is 1.46 bits per heavy atom. The van der Waals surface area contributed by atoms with Gasteiger partial charge in [0.2, 0.25) is 0 Å². The minimum absolute atomic E-state index is 0.425. The Bertz CT molecular complexity index is 259. The zero-order valence-corrected chi connectivity index (χ0v) is 7.60. The molecule has 1 saturated carbocycles. The molecule has 0 aromatic carbocycles. The van der Waals surface area contributed by atoms with Gasteiger partial charge in [-0.05, 0) is 12.8 Å². The highest BCUT2D eigenvalue weighted by atomic mass is 16.5. The minimum Gasteiger partial charge on any atom is -0.381 e. The first kappa shape index (κ1) is 8.44. The van der Waals surface area contributed by atoms with Crippen LogP contribution in [0.5, 0.6) is 0 Å². The molecule has 0 saturated heterocycles. The molecule has 13 heavy (non-hydrogen) atoms. The lowest BCUT2D eigenvalue weighted by atomic mass is 9.89. The molecule has 0 amide bonds. The lowest BCUT2D eigenvalue weighted by Gasteiger charge is -2.34. The Kier molecular flexibility index (Phi) is 2.40. The molecule has 0 spiro atoms. The van der Waals surface area contributed by atoms with Gasteiger partial charge in [-0.15, -0.1) is 0 Å². The highest BCUT2D eigenvalue weighted by Gasteiger charge is 2.28. The van der Waals surface area contributed by atoms with Crippen LogP contribution in [0, 0.1) is 0 Å². The van der Waals surface area contributed by atoms with Gasteiger partial charge in [0.1, 0.15) is 5.82 Å². The summed E-state index contributed by atoms with van der Waals surface area (Å²) in [5, 5.41) is 3.29. The van der Waals surface area contributed by atoms with Gasteiger partial charge >= 0.3 is 0 Å². The standard InChI is InChI=1S/C9H13N3O/c1-13-8-4-7(5-8)12-9-6-10-2-3-11-9/h2-3,6-8H,4-5H2,1H3,(H,11,12). The van der Waals surface area contributed by atoms with E-state index in [1.54, 1.807) is 25.7 Å². The molecule has 1 N–H and O–H groups in total. The van der Waals surface area contributed by atoms with Gasteiger partial charge in [0.15, 0.2) is 0 Å². The van der Waals surface area contributed by atoms with Crippen LogP contribution >= 0.6 is 0 Å². The van der Waals surface area contributed by atoms with Gasteiger partial charge in [-0.3, -0.25) is 4.98 Å². The molecule has 1 aliphatic rings. The summed E-state index contributed by atoms with van der Waals surface area (Å²) >= 11 is 0. The number of aromatic nitrogens is 2. The molecule has 1 aromatic heterocycles. The number of rotatable bonds is 3. The molecule has 2 rings (SSSR count). The Labute approximate surface area is 77.4 Å². The summed E-state index contributed by atoms with van der Waals surface area (Å²) in [6.45, 7) is 0. The normalized spacial score (nSPS) is 26.5. The topological polar surface area (TPSA) is 47.0 Å². The van der Waals surface area contributed by atoms with Crippen LogP contribution in [0.15, 0.2) is 18.6 Å². The summed E-state index contributed by atoms with van der Waals surface area (Å²) < 4.78 is 5.18. The van der Waals surface area contributed by atoms with Crippen molar-refractivity contribution in [2.75, 3.05) is 12.4 Å². The molecule has 4 nitrogen and oxygen atoms in total. The molecule has 0 aliphatic heterocycles. The Morgan fingerprint density at radius 3 is 2.92 bits per heavy atom. The molecular weight excluding hydrogens is 166 g/mol. The predicted molar refractivity (Wildman–Crippen MR) is 49.5 cm³/mol. The van der Waals surface area contributed by atoms with E-state index in [1.807, 2.05) is 0 Å². The van der Waals surface area contributed by atoms with Crippen LogP contribution in [0.25, 0.3) is 0 Å². The van der Waals surface area contributed by atoms with Crippen LogP contribution in [-0.2, 0) is 4.74 Å². The number of hydrogen-bond acceptors (Lipinski definition) is 4. The molecule has 1 fully saturated rings. The van der Waals surface area contributed by atoms with Crippen LogP contribution in [0.2, 0.25) is 0 Å². The van der Waals surface area contributed by atoms with Crippen molar-refractivity contribution >= 4 is 5.82 Å². The maximum absolute atomic E-state index is 5.18. The van der Waals surface area contributed by atoms with Gasteiger partial charge in [-0.1, -0.05) is 0 Å². The number of hydrogen-bond donors (Lipinski definition) is 1. The largest absolute Gasteiger partial charge is 0.381 e. The number of nitrogens with zero attached hydrogens (tertiary/aromatic N) is 2. The van der Waals surface area contributed by atoms with Crippen molar-refractivity contribution in [3.8, 4) is 0 Å². The third-order valence-electron chi connectivity index (χ3n) is 2.34. The molecule has 0 atom stereocenters. The van der Waals surface area contributed by atoms with Crippen molar-refractivity contribution in [2.24, 2.45) is 0 Å². The second kappa shape index (κ2) is 3.70. The molecule has 70 valence electrons. The molecule has 1 aromatic rings. The average molecular weight is 179 g/mol. The SMILES string of the molecule is COC1CC(Nc2cnccn2)C1. The summed E-state index contributed by atoms with van der Waals surface area (Å²) in [6, 6.07) is 0.502. The van der Waals surface area contributed by atoms with Crippen LogP contribution in [-0.4, -0.2) is 29.2 Å². The highest BCUT2D eigenvalue weighted by molar-refractivity contribution is 5.32. The van der Waals surface area contributed by atoms with E-state index in [0.717, 1.165) is 18.7 Å². The molecule has 4 heteroatoms. The predicted octanol–water partition coefficient (Wildman–Crippen LogP) is 1.07. The lowest BCUT2D eigenvalue weighted by Crippen LogP contribution is -2.40. The summed E-state index contributed by atoms with van der Waals surface area (Å²) in [6.07, 6.45) is 7.65. The zero-order valence-electron chi connectivity index (χ0n) is 7.60. The van der Waals surface area contributed by atoms with E-state index in [4.69, 9.17) is 4.74 Å². The van der Waals surface area contributed by atoms with E-state index in [0.29, 0.717) is 12.1 Å². The summed E-state index contributed by atoms with van der Waals surface area (Å²) in [5.41, 5.74) is 0. The fraction of sp³-hybridized carbons (Fsp3) is 0.556. The maximum Gasteiger partial charge on any atom is 0.144 e. The first-order valence-electron chi connectivity index (χ1n) is 4.44. The summed E-state index contributed by atoms with van der Waals surface area (Å²) in [5.74, 6) is 0.849. The van der Waals surface area contributed by atoms with Crippen LogP contribution in [0.4, 0.5) is 5.82 Å². The fourth-order valence-electron chi connectivity index (χ4n) is 1.46. The summed E-state index contributed by atoms with van der Waals surface area (Å²) in [7, 11) is 1.75. The van der Waals surface area contributed by atoms with Crippen molar-refractivity contribution in [1.82, 2.24) is 9.97 Å². The van der Waals surface area contributed by atoms with E-state index in [9.17, 15) is 0 Å². The van der Waals surface area contributed by atoms with E-state index in [1.165, 1.54) is 0 Å². The van der Waals surface area contributed by atoms with Gasteiger partial charge in [0.25, 0.3) is 0 Å². The van der Waals surface area contributed by atoms with Crippen LogP contribution in [0.1, 0.15) is 12.8 Å². The number of methoxy groups -OCH3 is 1. The van der Waals surface area contributed by atoms with Crippen molar-refractivity contribution in [3.05, 3.63) is 18.6 Å². The van der Waals surface area contributed by atoms with Gasteiger partial charge in [-0.25, -0.2) is 4.98 Å². The van der Waals surface area contributed by atoms with Gasteiger partial charge in [-0.2, -0.15) is 0 Å². The van der Waals surface area contributed by atoms with Gasteiger partial charge < -0.3 is 10.1 Å². The van der Waals surface area contributed by atoms with Crippen molar-refractivity contribution in [2.45, 2.75) is 25.0 Å². The Morgan fingerprint density at radius 2 is 2.31 bits per heavy atom. The third-order valence-corrected chi connectivity index (χ3v) is 2.34. The van der Waals surface area contributed by atoms with Crippen molar-refractivity contribution in [1.29, 1.82) is 0 Å². The fourth-order valence-corrected chi connectivity index (χ4v) is 1.46. The quantitative estimate of drug-likeness (QED) is 0.753. The highest BCUT2D eigenvalue weighted by Crippen LogP contribution is 2.25. The number of ether oxygens (including phenoxy) is 1. The van der Waals surface area contributed by atoms with Crippen LogP contribution in [0.3, 0.4) is 0 Å². The van der Waals surface area contributed by atoms with E-state index >= 15 is 0 Å². The maximum atomic E-state index is 5.18. The number of nitrogens with one attached hydrogen (secondary N) is 1. The average Bonchev–Trinajstić information content (AvgIpc) is 2.12. The molecule has 0 unspecified atom stereocenters. The lowest BCUT2D eigenvalue weighted by molar-refractivity contribution is 0.0328. The monoisotopic (exact) mass is 179 g/mol. The Hall–Kier alpha value is -1.16. The molecular formula is C9H13N3O. The first-order chi connectivity index (χ1) is 6.38. The second-order valence-electron chi connectivity index (χ2n) is 3.26. The molecule has 0 bridgehead atoms. The van der Waals surface area contributed by atoms with E-state index in [-0.39, 0.29) is 0 Å². The minimum atomic E-state index is 0.425. The first-order valence-corrected chi connectivity index (χ1v) is 4.44. The Balaban J connectivity index is 1.81. The van der Waals surface area contributed by atoms with Gasteiger partial charge in [0, 0.05) is 25.5 Å². The number of anilines is 1. The van der Waals surface area contributed by atoms with Gasteiger partial charge in [0.05, 0.1) is 12.3 Å². The van der Waals surface area contributed by atoms with E-state index in [2.05, 4.69) is 15.3 Å². The molecule has 0 radical (unpaired) electrons. The molecule has 1 aliphatic carbocycles. The van der Waals surface area contributed by atoms with Crippen LogP contribution < -0.4 is 5.32 Å². The van der Waals surface area contributed by atoms with Crippen molar-refractivity contribution < 1.29 is 4.74 Å². The third kappa shape index (κ3) is 1.95. The molecule has 1 heterocycles.